The molecule has 8 aromatic rings. The van der Waals surface area contributed by atoms with Gasteiger partial charge in [0.25, 0.3) is 0 Å². The zero-order valence-corrected chi connectivity index (χ0v) is 25.1. The highest BCUT2D eigenvalue weighted by Crippen LogP contribution is 2.46. The molecule has 0 spiro atoms. The molecule has 0 aliphatic carbocycles. The van der Waals surface area contributed by atoms with Gasteiger partial charge in [-0.2, -0.15) is 10.5 Å². The number of hydrogen-bond acceptors (Lipinski definition) is 4. The molecule has 0 aliphatic rings. The number of fused-ring (bicyclic) bond motifs is 1. The maximum atomic E-state index is 9.45. The molecule has 0 radical (unpaired) electrons. The van der Waals surface area contributed by atoms with Crippen LogP contribution in [0.1, 0.15) is 37.5 Å². The van der Waals surface area contributed by atoms with E-state index in [4.69, 9.17) is 9.40 Å². The Morgan fingerprint density at radius 1 is 0.578 bits per heavy atom. The Hall–Kier alpha value is -5.97. The van der Waals surface area contributed by atoms with E-state index in [9.17, 15) is 10.5 Å². The number of aromatic nitrogens is 1. The van der Waals surface area contributed by atoms with Crippen LogP contribution in [0.5, 0.6) is 0 Å². The number of hydrogen-bond donors (Lipinski definition) is 0. The number of benzene rings is 7. The van der Waals surface area contributed by atoms with Crippen molar-refractivity contribution < 1.29 is 4.42 Å². The van der Waals surface area contributed by atoms with Gasteiger partial charge in [-0.3, -0.25) is 0 Å². The van der Waals surface area contributed by atoms with E-state index < -0.39 is 0 Å². The highest BCUT2D eigenvalue weighted by molar-refractivity contribution is 6.29. The van der Waals surface area contributed by atoms with Gasteiger partial charge in [0.15, 0.2) is 5.58 Å². The van der Waals surface area contributed by atoms with E-state index in [0.717, 1.165) is 65.8 Å². The van der Waals surface area contributed by atoms with Gasteiger partial charge >= 0.3 is 0 Å². The molecule has 0 saturated carbocycles. The summed E-state index contributed by atoms with van der Waals surface area (Å²) in [6, 6.07) is 41.5. The molecule has 0 N–H and O–H groups in total. The fraction of sp³-hybridized carbons (Fsp3) is 0.0976. The molecule has 0 aliphatic heterocycles. The summed E-state index contributed by atoms with van der Waals surface area (Å²) >= 11 is 0. The summed E-state index contributed by atoms with van der Waals surface area (Å²) in [6.45, 7) is 6.60. The third kappa shape index (κ3) is 4.23. The fourth-order valence-corrected chi connectivity index (χ4v) is 6.52. The Labute approximate surface area is 260 Å². The lowest BCUT2D eigenvalue weighted by molar-refractivity contribution is 0.590. The molecule has 1 aromatic heterocycles. The first-order valence-corrected chi connectivity index (χ1v) is 15.0. The van der Waals surface area contributed by atoms with Gasteiger partial charge in [-0.15, -0.1) is 0 Å². The predicted octanol–water partition coefficient (Wildman–Crippen LogP) is 10.8. The minimum Gasteiger partial charge on any atom is -0.436 e. The van der Waals surface area contributed by atoms with Gasteiger partial charge in [0.2, 0.25) is 5.89 Å². The second-order valence-corrected chi connectivity index (χ2v) is 12.7. The van der Waals surface area contributed by atoms with Crippen molar-refractivity contribution in [2.75, 3.05) is 0 Å². The van der Waals surface area contributed by atoms with Crippen LogP contribution in [0.15, 0.2) is 114 Å². The Bertz CT molecular complexity index is 2520. The molecular weight excluding hydrogens is 550 g/mol. The van der Waals surface area contributed by atoms with Gasteiger partial charge in [0, 0.05) is 5.56 Å². The van der Waals surface area contributed by atoms with Crippen molar-refractivity contribution in [2.24, 2.45) is 0 Å². The topological polar surface area (TPSA) is 73.6 Å². The molecule has 4 nitrogen and oxygen atoms in total. The van der Waals surface area contributed by atoms with E-state index in [1.54, 1.807) is 0 Å². The second kappa shape index (κ2) is 9.78. The van der Waals surface area contributed by atoms with E-state index in [1.807, 2.05) is 54.6 Å². The highest BCUT2D eigenvalue weighted by Gasteiger charge is 2.22. The molecule has 212 valence electrons. The molecule has 4 heteroatoms. The number of oxazole rings is 1. The molecular formula is C41H27N3O. The van der Waals surface area contributed by atoms with Crippen LogP contribution in [0.4, 0.5) is 0 Å². The molecule has 0 fully saturated rings. The molecule has 0 bridgehead atoms. The Balaban J connectivity index is 1.45. The van der Waals surface area contributed by atoms with Gasteiger partial charge in [0.05, 0.1) is 23.3 Å². The van der Waals surface area contributed by atoms with Crippen LogP contribution < -0.4 is 0 Å². The van der Waals surface area contributed by atoms with Gasteiger partial charge < -0.3 is 4.42 Å². The van der Waals surface area contributed by atoms with Crippen LogP contribution in [0.3, 0.4) is 0 Å². The summed E-state index contributed by atoms with van der Waals surface area (Å²) in [5.74, 6) is 0.580. The van der Waals surface area contributed by atoms with Crippen LogP contribution in [-0.4, -0.2) is 4.98 Å². The Morgan fingerprint density at radius 3 is 1.80 bits per heavy atom. The average Bonchev–Trinajstić information content (AvgIpc) is 3.50. The minimum atomic E-state index is -0.00427. The lowest BCUT2D eigenvalue weighted by Crippen LogP contribution is -2.10. The van der Waals surface area contributed by atoms with Crippen molar-refractivity contribution in [1.29, 1.82) is 10.5 Å². The molecule has 0 amide bonds. The number of nitrogens with zero attached hydrogens (tertiary/aromatic N) is 3. The SMILES string of the molecule is CC(C)(C)c1ccc2oc(-c3cc(-c4ccc(C#N)cc4)c4ccc5ccc(-c6ccc(C#N)cc6)c6ccc3c4c56)nc2c1. The van der Waals surface area contributed by atoms with Crippen LogP contribution in [-0.2, 0) is 5.41 Å². The molecule has 1 heterocycles. The smallest absolute Gasteiger partial charge is 0.227 e. The van der Waals surface area contributed by atoms with Crippen molar-refractivity contribution in [1.82, 2.24) is 4.98 Å². The van der Waals surface area contributed by atoms with Crippen molar-refractivity contribution in [3.63, 3.8) is 0 Å². The van der Waals surface area contributed by atoms with Crippen LogP contribution >= 0.6 is 0 Å². The monoisotopic (exact) mass is 577 g/mol. The molecule has 0 unspecified atom stereocenters. The number of rotatable bonds is 3. The highest BCUT2D eigenvalue weighted by atomic mass is 16.3. The van der Waals surface area contributed by atoms with E-state index in [0.29, 0.717) is 17.0 Å². The van der Waals surface area contributed by atoms with E-state index in [1.165, 1.54) is 10.9 Å². The quantitative estimate of drug-likeness (QED) is 0.196. The molecule has 0 saturated heterocycles. The average molecular weight is 578 g/mol. The first-order chi connectivity index (χ1) is 21.8. The summed E-state index contributed by atoms with van der Waals surface area (Å²) < 4.78 is 6.47. The first-order valence-electron chi connectivity index (χ1n) is 15.0. The van der Waals surface area contributed by atoms with E-state index >= 15 is 0 Å². The third-order valence-electron chi connectivity index (χ3n) is 8.92. The largest absolute Gasteiger partial charge is 0.436 e. The molecule has 45 heavy (non-hydrogen) atoms. The maximum Gasteiger partial charge on any atom is 0.227 e. The van der Waals surface area contributed by atoms with Crippen LogP contribution in [0.25, 0.3) is 77.1 Å². The zero-order chi connectivity index (χ0) is 30.9. The van der Waals surface area contributed by atoms with E-state index in [2.05, 4.69) is 87.5 Å². The predicted molar refractivity (Wildman–Crippen MR) is 182 cm³/mol. The standard InChI is InChI=1S/C41H27N3O/c1-41(2,3)29-14-19-37-36(20-29)44-40(45-37)35-21-34(27-10-6-25(23-43)7-11-27)32-16-13-28-12-15-30(26-8-4-24(22-42)5-9-26)31-17-18-33(35)39(32)38(28)31/h4-21H,1-3H3. The van der Waals surface area contributed by atoms with Gasteiger partial charge in [0.1, 0.15) is 5.52 Å². The van der Waals surface area contributed by atoms with Crippen molar-refractivity contribution >= 4 is 43.4 Å². The van der Waals surface area contributed by atoms with Crippen LogP contribution in [0, 0.1) is 22.7 Å². The summed E-state index contributed by atoms with van der Waals surface area (Å²) in [5.41, 5.74) is 9.24. The Morgan fingerprint density at radius 2 is 1.16 bits per heavy atom. The summed E-state index contributed by atoms with van der Waals surface area (Å²) in [7, 11) is 0. The Kier molecular flexibility index (Phi) is 5.79. The van der Waals surface area contributed by atoms with Crippen molar-refractivity contribution in [2.45, 2.75) is 26.2 Å². The van der Waals surface area contributed by atoms with E-state index in [-0.39, 0.29) is 5.41 Å². The lowest BCUT2D eigenvalue weighted by atomic mass is 9.85. The van der Waals surface area contributed by atoms with Crippen LogP contribution in [0.2, 0.25) is 0 Å². The fourth-order valence-electron chi connectivity index (χ4n) is 6.52. The third-order valence-corrected chi connectivity index (χ3v) is 8.92. The number of nitriles is 2. The normalized spacial score (nSPS) is 11.8. The molecule has 7 aromatic carbocycles. The minimum absolute atomic E-state index is 0.00427. The summed E-state index contributed by atoms with van der Waals surface area (Å²) in [4.78, 5) is 5.05. The zero-order valence-electron chi connectivity index (χ0n) is 25.1. The summed E-state index contributed by atoms with van der Waals surface area (Å²) in [5, 5.41) is 25.6. The summed E-state index contributed by atoms with van der Waals surface area (Å²) in [6.07, 6.45) is 0. The van der Waals surface area contributed by atoms with Crippen molar-refractivity contribution in [3.05, 3.63) is 126 Å². The lowest BCUT2D eigenvalue weighted by Gasteiger charge is -2.18. The van der Waals surface area contributed by atoms with Gasteiger partial charge in [-0.05, 0) is 108 Å². The maximum absolute atomic E-state index is 9.45. The molecule has 8 rings (SSSR count). The van der Waals surface area contributed by atoms with Gasteiger partial charge in [-0.1, -0.05) is 87.5 Å². The molecule has 0 atom stereocenters. The second-order valence-electron chi connectivity index (χ2n) is 12.7. The van der Waals surface area contributed by atoms with Gasteiger partial charge in [-0.25, -0.2) is 4.98 Å². The van der Waals surface area contributed by atoms with Crippen molar-refractivity contribution in [3.8, 4) is 45.8 Å². The first kappa shape index (κ1) is 26.6.